The van der Waals surface area contributed by atoms with Gasteiger partial charge in [-0.3, -0.25) is 0 Å². The van der Waals surface area contributed by atoms with Gasteiger partial charge in [0.15, 0.2) is 0 Å². The largest absolute Gasteiger partial charge is 0.393 e. The van der Waals surface area contributed by atoms with Gasteiger partial charge in [-0.1, -0.05) is 33.1 Å². The van der Waals surface area contributed by atoms with Gasteiger partial charge in [-0.15, -0.1) is 0 Å². The molecule has 0 unspecified atom stereocenters. The van der Waals surface area contributed by atoms with Crippen LogP contribution in [0.4, 0.5) is 8.78 Å². The van der Waals surface area contributed by atoms with E-state index in [1.807, 2.05) is 0 Å². The molecule has 0 spiro atoms. The highest BCUT2D eigenvalue weighted by Gasteiger charge is 2.52. The first-order valence-electron chi connectivity index (χ1n) is 8.88. The van der Waals surface area contributed by atoms with Crippen LogP contribution in [-0.2, 0) is 0 Å². The summed E-state index contributed by atoms with van der Waals surface area (Å²) in [7, 11) is 0. The Kier molecular flexibility index (Phi) is 5.87. The molecule has 2 aliphatic rings. The van der Waals surface area contributed by atoms with Gasteiger partial charge >= 0.3 is 0 Å². The van der Waals surface area contributed by atoms with Gasteiger partial charge in [-0.25, -0.2) is 8.78 Å². The first-order chi connectivity index (χ1) is 10.4. The van der Waals surface area contributed by atoms with Gasteiger partial charge in [-0.2, -0.15) is 0 Å². The summed E-state index contributed by atoms with van der Waals surface area (Å²) < 4.78 is 25.4. The summed E-state index contributed by atoms with van der Waals surface area (Å²) in [5, 5.41) is 20.0. The van der Waals surface area contributed by atoms with Gasteiger partial charge in [0.1, 0.15) is 19.0 Å². The summed E-state index contributed by atoms with van der Waals surface area (Å²) in [6, 6.07) is 0. The van der Waals surface area contributed by atoms with Crippen LogP contribution in [0.1, 0.15) is 65.2 Å². The Balaban J connectivity index is 1.89. The van der Waals surface area contributed by atoms with Crippen molar-refractivity contribution in [1.82, 2.24) is 0 Å². The van der Waals surface area contributed by atoms with Gasteiger partial charge in [0, 0.05) is 0 Å². The van der Waals surface area contributed by atoms with Crippen molar-refractivity contribution in [3.05, 3.63) is 0 Å². The maximum absolute atomic E-state index is 12.7. The molecule has 0 aliphatic heterocycles. The number of hydrogen-bond donors (Lipinski definition) is 2. The molecule has 2 N–H and O–H groups in total. The fourth-order valence-electron chi connectivity index (χ4n) is 5.25. The monoisotopic (exact) mass is 318 g/mol. The number of rotatable bonds is 7. The number of alkyl halides is 2. The summed E-state index contributed by atoms with van der Waals surface area (Å²) in [4.78, 5) is 0. The molecule has 2 fully saturated rings. The Bertz CT molecular complexity index is 359. The maximum Gasteiger partial charge on any atom is 0.121 e. The summed E-state index contributed by atoms with van der Waals surface area (Å²) in [6.45, 7) is 2.54. The summed E-state index contributed by atoms with van der Waals surface area (Å²) in [5.74, 6) is 1.47. The Morgan fingerprint density at radius 2 is 1.91 bits per heavy atom. The Morgan fingerprint density at radius 3 is 2.55 bits per heavy atom. The van der Waals surface area contributed by atoms with E-state index in [2.05, 4.69) is 13.8 Å². The second-order valence-corrected chi connectivity index (χ2v) is 8.12. The number of halogens is 2. The fourth-order valence-corrected chi connectivity index (χ4v) is 5.25. The van der Waals surface area contributed by atoms with Gasteiger partial charge in [0.2, 0.25) is 0 Å². The molecule has 5 atom stereocenters. The van der Waals surface area contributed by atoms with E-state index in [1.165, 1.54) is 6.42 Å². The highest BCUT2D eigenvalue weighted by Crippen LogP contribution is 2.58. The summed E-state index contributed by atoms with van der Waals surface area (Å²) in [5.41, 5.74) is -1.56. The van der Waals surface area contributed by atoms with Crippen LogP contribution in [0.5, 0.6) is 0 Å². The first kappa shape index (κ1) is 18.1. The average molecular weight is 318 g/mol. The van der Waals surface area contributed by atoms with E-state index in [1.54, 1.807) is 0 Å². The molecule has 4 heteroatoms. The van der Waals surface area contributed by atoms with Crippen LogP contribution in [0.15, 0.2) is 0 Å². The fraction of sp³-hybridized carbons (Fsp3) is 1.00. The zero-order valence-corrected chi connectivity index (χ0v) is 14.0. The van der Waals surface area contributed by atoms with E-state index >= 15 is 0 Å². The zero-order valence-electron chi connectivity index (χ0n) is 14.0. The van der Waals surface area contributed by atoms with Crippen molar-refractivity contribution in [3.8, 4) is 0 Å². The van der Waals surface area contributed by atoms with E-state index in [0.717, 1.165) is 32.1 Å². The molecule has 2 nitrogen and oxygen atoms in total. The van der Waals surface area contributed by atoms with Crippen molar-refractivity contribution < 1.29 is 19.0 Å². The Hall–Kier alpha value is -0.220. The Morgan fingerprint density at radius 1 is 1.23 bits per heavy atom. The summed E-state index contributed by atoms with van der Waals surface area (Å²) in [6.07, 6.45) is 7.06. The highest BCUT2D eigenvalue weighted by atomic mass is 19.1. The molecule has 0 radical (unpaired) electrons. The molecule has 2 saturated carbocycles. The molecule has 130 valence electrons. The van der Waals surface area contributed by atoms with Crippen LogP contribution in [0.2, 0.25) is 0 Å². The van der Waals surface area contributed by atoms with Crippen molar-refractivity contribution in [2.24, 2.45) is 23.2 Å². The molecule has 0 bridgehead atoms. The maximum atomic E-state index is 12.7. The van der Waals surface area contributed by atoms with Crippen LogP contribution in [0.3, 0.4) is 0 Å². The topological polar surface area (TPSA) is 40.5 Å². The van der Waals surface area contributed by atoms with E-state index in [4.69, 9.17) is 0 Å². The lowest BCUT2D eigenvalue weighted by Gasteiger charge is -2.45. The van der Waals surface area contributed by atoms with Gasteiger partial charge < -0.3 is 10.2 Å². The molecule has 22 heavy (non-hydrogen) atoms. The lowest BCUT2D eigenvalue weighted by atomic mass is 9.61. The van der Waals surface area contributed by atoms with Gasteiger partial charge in [-0.05, 0) is 55.3 Å². The average Bonchev–Trinajstić information content (AvgIpc) is 2.85. The van der Waals surface area contributed by atoms with Crippen molar-refractivity contribution in [3.63, 3.8) is 0 Å². The van der Waals surface area contributed by atoms with E-state index in [9.17, 15) is 19.0 Å². The molecular formula is C18H32F2O2. The van der Waals surface area contributed by atoms with Crippen LogP contribution >= 0.6 is 0 Å². The standard InChI is InChI=1S/C18H32F2O2/c1-13(5-3-10-18(22,11-19)12-20)14-7-8-15-16(21)6-4-9-17(14,15)2/h13-16,21-22H,3-12H2,1-2H3/t13-,14-,15+,16+,17-/m1/s1. The molecule has 0 heterocycles. The van der Waals surface area contributed by atoms with Crippen molar-refractivity contribution in [1.29, 1.82) is 0 Å². The molecule has 0 aromatic rings. The molecule has 2 aliphatic carbocycles. The predicted molar refractivity (Wildman–Crippen MR) is 84.1 cm³/mol. The third-order valence-electron chi connectivity index (χ3n) is 6.65. The van der Waals surface area contributed by atoms with Crippen LogP contribution < -0.4 is 0 Å². The van der Waals surface area contributed by atoms with Gasteiger partial charge in [0.25, 0.3) is 0 Å². The molecule has 0 saturated heterocycles. The van der Waals surface area contributed by atoms with E-state index < -0.39 is 19.0 Å². The lowest BCUT2D eigenvalue weighted by Crippen LogP contribution is -2.41. The second-order valence-electron chi connectivity index (χ2n) is 8.12. The molecule has 0 amide bonds. The van der Waals surface area contributed by atoms with Crippen molar-refractivity contribution in [2.75, 3.05) is 13.3 Å². The molecule has 0 aromatic heterocycles. The van der Waals surface area contributed by atoms with E-state index in [-0.39, 0.29) is 17.9 Å². The molecular weight excluding hydrogens is 286 g/mol. The zero-order chi connectivity index (χ0) is 16.4. The Labute approximate surface area is 133 Å². The lowest BCUT2D eigenvalue weighted by molar-refractivity contribution is -0.0314. The smallest absolute Gasteiger partial charge is 0.121 e. The third kappa shape index (κ3) is 3.48. The molecule has 0 aromatic carbocycles. The third-order valence-corrected chi connectivity index (χ3v) is 6.65. The van der Waals surface area contributed by atoms with Gasteiger partial charge in [0.05, 0.1) is 6.10 Å². The van der Waals surface area contributed by atoms with Crippen molar-refractivity contribution >= 4 is 0 Å². The first-order valence-corrected chi connectivity index (χ1v) is 8.88. The van der Waals surface area contributed by atoms with Crippen LogP contribution in [0, 0.1) is 23.2 Å². The minimum Gasteiger partial charge on any atom is -0.393 e. The predicted octanol–water partition coefficient (Wildman–Crippen LogP) is 4.04. The quantitative estimate of drug-likeness (QED) is 0.744. The number of aliphatic hydroxyl groups is 2. The SMILES string of the molecule is C[C@H](CCCC(O)(CF)CF)[C@H]1CC[C@H]2[C@@H](O)CCC[C@]12C. The number of fused-ring (bicyclic) bond motifs is 1. The number of hydrogen-bond acceptors (Lipinski definition) is 2. The highest BCUT2D eigenvalue weighted by molar-refractivity contribution is 5.01. The van der Waals surface area contributed by atoms with Crippen molar-refractivity contribution in [2.45, 2.75) is 76.9 Å². The van der Waals surface area contributed by atoms with Crippen LogP contribution in [-0.4, -0.2) is 35.3 Å². The molecule has 2 rings (SSSR count). The normalized spacial score (nSPS) is 37.1. The second kappa shape index (κ2) is 7.12. The van der Waals surface area contributed by atoms with Crippen LogP contribution in [0.25, 0.3) is 0 Å². The minimum absolute atomic E-state index is 0.154. The van der Waals surface area contributed by atoms with E-state index in [0.29, 0.717) is 24.2 Å². The summed E-state index contributed by atoms with van der Waals surface area (Å²) >= 11 is 0. The minimum atomic E-state index is -1.77. The number of aliphatic hydroxyl groups excluding tert-OH is 1.